The molecular weight excluding hydrogens is 242 g/mol. The van der Waals surface area contributed by atoms with Crippen molar-refractivity contribution in [1.82, 2.24) is 5.32 Å². The second-order valence-corrected chi connectivity index (χ2v) is 5.35. The minimum absolute atomic E-state index is 0.139. The van der Waals surface area contributed by atoms with E-state index >= 15 is 0 Å². The summed E-state index contributed by atoms with van der Waals surface area (Å²) >= 11 is 0. The predicted octanol–water partition coefficient (Wildman–Crippen LogP) is 2.52. The Hall–Kier alpha value is -1.46. The molecule has 3 N–H and O–H groups in total. The molecule has 0 heterocycles. The summed E-state index contributed by atoms with van der Waals surface area (Å²) in [6.07, 6.45) is 4.37. The molecule has 1 aliphatic rings. The summed E-state index contributed by atoms with van der Waals surface area (Å²) < 4.78 is 0. The molecule has 0 saturated heterocycles. The van der Waals surface area contributed by atoms with Gasteiger partial charge in [0.25, 0.3) is 5.69 Å². The van der Waals surface area contributed by atoms with Gasteiger partial charge in [0.05, 0.1) is 4.92 Å². The molecule has 1 aromatic rings. The maximum absolute atomic E-state index is 10.6. The van der Waals surface area contributed by atoms with Crippen LogP contribution in [0.25, 0.3) is 0 Å². The van der Waals surface area contributed by atoms with Gasteiger partial charge in [-0.2, -0.15) is 0 Å². The molecule has 1 fully saturated rings. The number of nitrogens with zero attached hydrogens (tertiary/aromatic N) is 1. The van der Waals surface area contributed by atoms with Crippen molar-refractivity contribution in [2.24, 2.45) is 5.73 Å². The van der Waals surface area contributed by atoms with Crippen LogP contribution in [-0.4, -0.2) is 17.0 Å². The van der Waals surface area contributed by atoms with Crippen molar-refractivity contribution < 1.29 is 4.92 Å². The maximum Gasteiger partial charge on any atom is 0.269 e. The minimum atomic E-state index is -0.371. The van der Waals surface area contributed by atoms with Gasteiger partial charge in [-0.3, -0.25) is 10.1 Å². The molecule has 1 aliphatic carbocycles. The van der Waals surface area contributed by atoms with Crippen LogP contribution >= 0.6 is 0 Å². The van der Waals surface area contributed by atoms with Gasteiger partial charge in [0, 0.05) is 30.3 Å². The molecule has 0 radical (unpaired) electrons. The molecule has 1 saturated carbocycles. The molecule has 104 valence electrons. The first-order valence-corrected chi connectivity index (χ1v) is 6.82. The Morgan fingerprint density at radius 1 is 1.26 bits per heavy atom. The number of rotatable bonds is 4. The average molecular weight is 263 g/mol. The van der Waals surface area contributed by atoms with Gasteiger partial charge < -0.3 is 11.1 Å². The number of benzene rings is 1. The van der Waals surface area contributed by atoms with Crippen molar-refractivity contribution in [1.29, 1.82) is 0 Å². The van der Waals surface area contributed by atoms with E-state index in [1.54, 1.807) is 12.1 Å². The van der Waals surface area contributed by atoms with Gasteiger partial charge >= 0.3 is 0 Å². The lowest BCUT2D eigenvalue weighted by molar-refractivity contribution is -0.384. The summed E-state index contributed by atoms with van der Waals surface area (Å²) in [6, 6.07) is 7.83. The number of hydrogen-bond acceptors (Lipinski definition) is 4. The highest BCUT2D eigenvalue weighted by molar-refractivity contribution is 5.34. The standard InChI is InChI=1S/C14H21N3O2/c1-10(16-13-6-4-12(15)5-7-13)11-2-8-14(9-3-11)17(18)19/h2-3,8-10,12-13,16H,4-7,15H2,1H3. The third kappa shape index (κ3) is 3.75. The van der Waals surface area contributed by atoms with Crippen LogP contribution < -0.4 is 11.1 Å². The Bertz CT molecular complexity index is 425. The van der Waals surface area contributed by atoms with Crippen molar-refractivity contribution in [3.8, 4) is 0 Å². The van der Waals surface area contributed by atoms with Crippen LogP contribution in [0.5, 0.6) is 0 Å². The molecular formula is C14H21N3O2. The van der Waals surface area contributed by atoms with Crippen molar-refractivity contribution in [2.45, 2.75) is 50.7 Å². The largest absolute Gasteiger partial charge is 0.328 e. The number of nitrogens with one attached hydrogen (secondary N) is 1. The highest BCUT2D eigenvalue weighted by Crippen LogP contribution is 2.22. The fraction of sp³-hybridized carbons (Fsp3) is 0.571. The van der Waals surface area contributed by atoms with E-state index in [0.717, 1.165) is 31.2 Å². The minimum Gasteiger partial charge on any atom is -0.328 e. The third-order valence-electron chi connectivity index (χ3n) is 3.86. The topological polar surface area (TPSA) is 81.2 Å². The molecule has 0 spiro atoms. The Kier molecular flexibility index (Phi) is 4.50. The molecule has 0 bridgehead atoms. The second kappa shape index (κ2) is 6.12. The van der Waals surface area contributed by atoms with E-state index in [9.17, 15) is 10.1 Å². The van der Waals surface area contributed by atoms with E-state index in [-0.39, 0.29) is 16.7 Å². The van der Waals surface area contributed by atoms with Gasteiger partial charge in [-0.25, -0.2) is 0 Å². The Balaban J connectivity index is 1.92. The first-order chi connectivity index (χ1) is 9.06. The summed E-state index contributed by atoms with van der Waals surface area (Å²) in [6.45, 7) is 2.09. The maximum atomic E-state index is 10.6. The van der Waals surface area contributed by atoms with Crippen molar-refractivity contribution in [2.75, 3.05) is 0 Å². The fourth-order valence-electron chi connectivity index (χ4n) is 2.62. The van der Waals surface area contributed by atoms with E-state index in [1.807, 2.05) is 12.1 Å². The van der Waals surface area contributed by atoms with Crippen molar-refractivity contribution in [3.05, 3.63) is 39.9 Å². The first-order valence-electron chi connectivity index (χ1n) is 6.82. The lowest BCUT2D eigenvalue weighted by Gasteiger charge is -2.29. The Labute approximate surface area is 113 Å². The van der Waals surface area contributed by atoms with Gasteiger partial charge in [0.15, 0.2) is 0 Å². The van der Waals surface area contributed by atoms with Gasteiger partial charge in [-0.15, -0.1) is 0 Å². The van der Waals surface area contributed by atoms with E-state index in [4.69, 9.17) is 5.73 Å². The molecule has 0 amide bonds. The zero-order valence-electron chi connectivity index (χ0n) is 11.2. The smallest absolute Gasteiger partial charge is 0.269 e. The highest BCUT2D eigenvalue weighted by Gasteiger charge is 2.20. The molecule has 0 aromatic heterocycles. The van der Waals surface area contributed by atoms with Gasteiger partial charge in [-0.05, 0) is 38.2 Å². The normalized spacial score (nSPS) is 24.9. The number of nitrogens with two attached hydrogens (primary N) is 1. The predicted molar refractivity (Wildman–Crippen MR) is 74.9 cm³/mol. The fourth-order valence-corrected chi connectivity index (χ4v) is 2.62. The first kappa shape index (κ1) is 14.0. The Morgan fingerprint density at radius 3 is 2.37 bits per heavy atom. The summed E-state index contributed by atoms with van der Waals surface area (Å²) in [5, 5.41) is 14.2. The molecule has 1 unspecified atom stereocenters. The zero-order valence-corrected chi connectivity index (χ0v) is 11.2. The molecule has 2 rings (SSSR count). The number of nitro benzene ring substituents is 1. The molecule has 1 atom stereocenters. The molecule has 0 aliphatic heterocycles. The summed E-state index contributed by atoms with van der Waals surface area (Å²) in [5.41, 5.74) is 7.11. The van der Waals surface area contributed by atoms with Gasteiger partial charge in [0.1, 0.15) is 0 Å². The number of nitro groups is 1. The average Bonchev–Trinajstić information content (AvgIpc) is 2.41. The van der Waals surface area contributed by atoms with E-state index < -0.39 is 0 Å². The summed E-state index contributed by atoms with van der Waals surface area (Å²) in [5.74, 6) is 0. The Morgan fingerprint density at radius 2 is 1.84 bits per heavy atom. The SMILES string of the molecule is CC(NC1CCC(N)CC1)c1ccc([N+](=O)[O-])cc1. The van der Waals surface area contributed by atoms with Crippen LogP contribution in [0.3, 0.4) is 0 Å². The summed E-state index contributed by atoms with van der Waals surface area (Å²) in [4.78, 5) is 10.2. The van der Waals surface area contributed by atoms with Crippen molar-refractivity contribution >= 4 is 5.69 Å². The molecule has 5 heteroatoms. The van der Waals surface area contributed by atoms with Gasteiger partial charge in [-0.1, -0.05) is 12.1 Å². The van der Waals surface area contributed by atoms with Crippen LogP contribution in [0.4, 0.5) is 5.69 Å². The number of non-ortho nitro benzene ring substituents is 1. The monoisotopic (exact) mass is 263 g/mol. The summed E-state index contributed by atoms with van der Waals surface area (Å²) in [7, 11) is 0. The molecule has 5 nitrogen and oxygen atoms in total. The van der Waals surface area contributed by atoms with Crippen LogP contribution in [0.15, 0.2) is 24.3 Å². The number of hydrogen-bond donors (Lipinski definition) is 2. The van der Waals surface area contributed by atoms with E-state index in [1.165, 1.54) is 0 Å². The van der Waals surface area contributed by atoms with Crippen LogP contribution in [0.1, 0.15) is 44.2 Å². The molecule has 1 aromatic carbocycles. The second-order valence-electron chi connectivity index (χ2n) is 5.35. The van der Waals surface area contributed by atoms with Crippen LogP contribution in [0, 0.1) is 10.1 Å². The quantitative estimate of drug-likeness (QED) is 0.646. The lowest BCUT2D eigenvalue weighted by atomic mass is 9.91. The van der Waals surface area contributed by atoms with Crippen molar-refractivity contribution in [3.63, 3.8) is 0 Å². The lowest BCUT2D eigenvalue weighted by Crippen LogP contribution is -2.38. The van der Waals surface area contributed by atoms with Crippen LogP contribution in [-0.2, 0) is 0 Å². The van der Waals surface area contributed by atoms with E-state index in [2.05, 4.69) is 12.2 Å². The third-order valence-corrected chi connectivity index (χ3v) is 3.86. The molecule has 19 heavy (non-hydrogen) atoms. The van der Waals surface area contributed by atoms with Crippen LogP contribution in [0.2, 0.25) is 0 Å². The zero-order chi connectivity index (χ0) is 13.8. The highest BCUT2D eigenvalue weighted by atomic mass is 16.6. The van der Waals surface area contributed by atoms with E-state index in [0.29, 0.717) is 12.1 Å². The van der Waals surface area contributed by atoms with Gasteiger partial charge in [0.2, 0.25) is 0 Å².